The molecule has 0 bridgehead atoms. The van der Waals surface area contributed by atoms with E-state index in [1.54, 1.807) is 6.08 Å². The molecule has 2 atom stereocenters. The third-order valence-electron chi connectivity index (χ3n) is 6.47. The second-order valence-electron chi connectivity index (χ2n) is 9.20. The van der Waals surface area contributed by atoms with Gasteiger partial charge in [0, 0.05) is 12.1 Å². The van der Waals surface area contributed by atoms with Crippen molar-refractivity contribution in [3.05, 3.63) is 114 Å². The molecule has 0 unspecified atom stereocenters. The quantitative estimate of drug-likeness (QED) is 0.370. The molecule has 1 fully saturated rings. The van der Waals surface area contributed by atoms with Crippen LogP contribution in [0.25, 0.3) is 6.08 Å². The highest BCUT2D eigenvalue weighted by Gasteiger charge is 2.33. The van der Waals surface area contributed by atoms with Crippen LogP contribution in [0.5, 0.6) is 0 Å². The Morgan fingerprint density at radius 3 is 2.11 bits per heavy atom. The van der Waals surface area contributed by atoms with Gasteiger partial charge in [-0.2, -0.15) is 0 Å². The standard InChI is InChI=1S/C31H34N2O3/c34-28(22-21-24-13-5-1-6-14-24)33-29(26-17-9-3-10-18-26)30(36-23-25-15-7-2-8-16-25)31(35)32-27-19-11-4-12-20-27/h1-3,5-10,13-18,21-22,27,29-30H,4,11-12,19-20,23H2,(H,32,35)(H,33,34)/b22-21+/t29-,30+/m0/s1. The van der Waals surface area contributed by atoms with Crippen molar-refractivity contribution in [2.24, 2.45) is 0 Å². The fourth-order valence-electron chi connectivity index (χ4n) is 4.55. The second kappa shape index (κ2) is 13.4. The lowest BCUT2D eigenvalue weighted by Gasteiger charge is -2.30. The van der Waals surface area contributed by atoms with Crippen LogP contribution in [0.4, 0.5) is 0 Å². The van der Waals surface area contributed by atoms with Crippen LogP contribution in [0, 0.1) is 0 Å². The lowest BCUT2D eigenvalue weighted by molar-refractivity contribution is -0.137. The van der Waals surface area contributed by atoms with Gasteiger partial charge in [-0.05, 0) is 35.6 Å². The first-order valence-corrected chi connectivity index (χ1v) is 12.7. The first-order valence-electron chi connectivity index (χ1n) is 12.7. The zero-order valence-electron chi connectivity index (χ0n) is 20.5. The van der Waals surface area contributed by atoms with Gasteiger partial charge in [0.2, 0.25) is 5.91 Å². The number of benzene rings is 3. The third kappa shape index (κ3) is 7.65. The first-order chi connectivity index (χ1) is 17.7. The van der Waals surface area contributed by atoms with Crippen LogP contribution >= 0.6 is 0 Å². The predicted molar refractivity (Wildman–Crippen MR) is 143 cm³/mol. The van der Waals surface area contributed by atoms with Crippen LogP contribution in [-0.4, -0.2) is 24.0 Å². The minimum absolute atomic E-state index is 0.138. The maximum Gasteiger partial charge on any atom is 0.251 e. The van der Waals surface area contributed by atoms with Crippen molar-refractivity contribution in [2.75, 3.05) is 0 Å². The molecule has 1 aliphatic rings. The van der Waals surface area contributed by atoms with Gasteiger partial charge in [-0.25, -0.2) is 0 Å². The summed E-state index contributed by atoms with van der Waals surface area (Å²) in [6, 6.07) is 28.5. The van der Waals surface area contributed by atoms with Gasteiger partial charge in [0.25, 0.3) is 5.91 Å². The van der Waals surface area contributed by atoms with E-state index in [0.29, 0.717) is 0 Å². The number of amides is 2. The molecule has 0 heterocycles. The largest absolute Gasteiger partial charge is 0.361 e. The Kier molecular flexibility index (Phi) is 9.46. The topological polar surface area (TPSA) is 67.4 Å². The van der Waals surface area contributed by atoms with Gasteiger partial charge in [-0.15, -0.1) is 0 Å². The molecule has 3 aromatic rings. The summed E-state index contributed by atoms with van der Waals surface area (Å²) in [4.78, 5) is 26.6. The van der Waals surface area contributed by atoms with Crippen molar-refractivity contribution in [1.29, 1.82) is 0 Å². The van der Waals surface area contributed by atoms with Crippen molar-refractivity contribution in [1.82, 2.24) is 10.6 Å². The third-order valence-corrected chi connectivity index (χ3v) is 6.47. The number of nitrogens with one attached hydrogen (secondary N) is 2. The van der Waals surface area contributed by atoms with Gasteiger partial charge in [0.05, 0.1) is 12.6 Å². The zero-order chi connectivity index (χ0) is 25.0. The molecule has 36 heavy (non-hydrogen) atoms. The average molecular weight is 483 g/mol. The van der Waals surface area contributed by atoms with Gasteiger partial charge < -0.3 is 15.4 Å². The molecule has 5 nitrogen and oxygen atoms in total. The molecule has 3 aromatic carbocycles. The van der Waals surface area contributed by atoms with Crippen LogP contribution < -0.4 is 10.6 Å². The maximum atomic E-state index is 13.6. The molecule has 1 aliphatic carbocycles. The van der Waals surface area contributed by atoms with E-state index < -0.39 is 12.1 Å². The Morgan fingerprint density at radius 1 is 0.833 bits per heavy atom. The normalized spacial score (nSPS) is 15.8. The highest BCUT2D eigenvalue weighted by Crippen LogP contribution is 2.23. The fourth-order valence-corrected chi connectivity index (χ4v) is 4.55. The van der Waals surface area contributed by atoms with Crippen molar-refractivity contribution in [3.63, 3.8) is 0 Å². The van der Waals surface area contributed by atoms with E-state index in [0.717, 1.165) is 42.4 Å². The smallest absolute Gasteiger partial charge is 0.251 e. The number of hydrogen-bond acceptors (Lipinski definition) is 3. The summed E-state index contributed by atoms with van der Waals surface area (Å²) in [7, 11) is 0. The number of carbonyl (C=O) groups is 2. The summed E-state index contributed by atoms with van der Waals surface area (Å²) < 4.78 is 6.26. The molecule has 5 heteroatoms. The summed E-state index contributed by atoms with van der Waals surface area (Å²) in [5, 5.41) is 6.25. The van der Waals surface area contributed by atoms with E-state index in [9.17, 15) is 9.59 Å². The molecule has 0 radical (unpaired) electrons. The van der Waals surface area contributed by atoms with Crippen LogP contribution in [-0.2, 0) is 20.9 Å². The molecule has 4 rings (SSSR count). The Labute approximate surface area is 213 Å². The predicted octanol–water partition coefficient (Wildman–Crippen LogP) is 5.59. The Morgan fingerprint density at radius 2 is 1.44 bits per heavy atom. The minimum Gasteiger partial charge on any atom is -0.361 e. The van der Waals surface area contributed by atoms with Crippen molar-refractivity contribution < 1.29 is 14.3 Å². The monoisotopic (exact) mass is 482 g/mol. The van der Waals surface area contributed by atoms with Crippen LogP contribution in [0.15, 0.2) is 97.1 Å². The summed E-state index contributed by atoms with van der Waals surface area (Å²) in [6.07, 6.45) is 7.75. The summed E-state index contributed by atoms with van der Waals surface area (Å²) in [5.74, 6) is -0.481. The zero-order valence-corrected chi connectivity index (χ0v) is 20.5. The van der Waals surface area contributed by atoms with Crippen LogP contribution in [0.1, 0.15) is 54.8 Å². The molecule has 0 aliphatic heterocycles. The van der Waals surface area contributed by atoms with E-state index in [-0.39, 0.29) is 24.5 Å². The van der Waals surface area contributed by atoms with Gasteiger partial charge in [-0.3, -0.25) is 9.59 Å². The number of ether oxygens (including phenoxy) is 1. The summed E-state index contributed by atoms with van der Waals surface area (Å²) in [5.41, 5.74) is 2.71. The van der Waals surface area contributed by atoms with E-state index in [2.05, 4.69) is 10.6 Å². The summed E-state index contributed by atoms with van der Waals surface area (Å²) in [6.45, 7) is 0.267. The average Bonchev–Trinajstić information content (AvgIpc) is 2.93. The van der Waals surface area contributed by atoms with Crippen molar-refractivity contribution in [2.45, 2.75) is 56.9 Å². The van der Waals surface area contributed by atoms with Gasteiger partial charge in [0.15, 0.2) is 6.10 Å². The van der Waals surface area contributed by atoms with Crippen molar-refractivity contribution in [3.8, 4) is 0 Å². The highest BCUT2D eigenvalue weighted by atomic mass is 16.5. The molecule has 0 saturated heterocycles. The van der Waals surface area contributed by atoms with Gasteiger partial charge >= 0.3 is 0 Å². The SMILES string of the molecule is O=C(/C=C/c1ccccc1)N[C@@H](c1ccccc1)[C@@H](OCc1ccccc1)C(=O)NC1CCCCC1. The van der Waals surface area contributed by atoms with Crippen LogP contribution in [0.2, 0.25) is 0 Å². The van der Waals surface area contributed by atoms with Crippen molar-refractivity contribution >= 4 is 17.9 Å². The molecular formula is C31H34N2O3. The number of hydrogen-bond donors (Lipinski definition) is 2. The van der Waals surface area contributed by atoms with Gasteiger partial charge in [-0.1, -0.05) is 110 Å². The molecule has 2 amide bonds. The van der Waals surface area contributed by atoms with Gasteiger partial charge in [0.1, 0.15) is 0 Å². The van der Waals surface area contributed by atoms with Crippen LogP contribution in [0.3, 0.4) is 0 Å². The summed E-state index contributed by atoms with van der Waals surface area (Å²) >= 11 is 0. The second-order valence-corrected chi connectivity index (χ2v) is 9.20. The number of rotatable bonds is 10. The minimum atomic E-state index is -0.886. The first kappa shape index (κ1) is 25.4. The molecule has 186 valence electrons. The lowest BCUT2D eigenvalue weighted by Crippen LogP contribution is -2.49. The molecule has 0 spiro atoms. The fraction of sp³-hybridized carbons (Fsp3) is 0.290. The molecular weight excluding hydrogens is 448 g/mol. The molecule has 2 N–H and O–H groups in total. The lowest BCUT2D eigenvalue weighted by atomic mass is 9.94. The highest BCUT2D eigenvalue weighted by molar-refractivity contribution is 5.93. The maximum absolute atomic E-state index is 13.6. The van der Waals surface area contributed by atoms with E-state index in [1.807, 2.05) is 91.0 Å². The molecule has 1 saturated carbocycles. The van der Waals surface area contributed by atoms with E-state index in [4.69, 9.17) is 4.74 Å². The molecule has 0 aromatic heterocycles. The van der Waals surface area contributed by atoms with E-state index in [1.165, 1.54) is 12.5 Å². The van der Waals surface area contributed by atoms with E-state index >= 15 is 0 Å². The Balaban J connectivity index is 1.57. The Hall–Kier alpha value is -3.70. The number of carbonyl (C=O) groups excluding carboxylic acids is 2. The Bertz CT molecular complexity index is 1110.